The minimum Gasteiger partial charge on any atom is -0.496 e. The first-order valence-corrected chi connectivity index (χ1v) is 6.37. The lowest BCUT2D eigenvalue weighted by molar-refractivity contribution is 0.103. The summed E-state index contributed by atoms with van der Waals surface area (Å²) in [4.78, 5) is 12.6. The minimum atomic E-state index is -0.0689. The highest BCUT2D eigenvalue weighted by molar-refractivity contribution is 6.31. The second kappa shape index (κ2) is 5.45. The Balaban J connectivity index is 2.56. The van der Waals surface area contributed by atoms with E-state index in [1.54, 1.807) is 25.3 Å². The molecule has 0 bridgehead atoms. The van der Waals surface area contributed by atoms with Gasteiger partial charge in [0.15, 0.2) is 5.78 Å². The van der Waals surface area contributed by atoms with Crippen molar-refractivity contribution in [3.63, 3.8) is 0 Å². The molecule has 0 N–H and O–H groups in total. The van der Waals surface area contributed by atoms with Crippen molar-refractivity contribution in [2.24, 2.45) is 0 Å². The highest BCUT2D eigenvalue weighted by atomic mass is 35.5. The monoisotopic (exact) mass is 274 g/mol. The van der Waals surface area contributed by atoms with Crippen LogP contribution in [-0.2, 0) is 0 Å². The van der Waals surface area contributed by atoms with Gasteiger partial charge in [-0.25, -0.2) is 0 Å². The quantitative estimate of drug-likeness (QED) is 0.784. The number of halogens is 1. The van der Waals surface area contributed by atoms with Crippen molar-refractivity contribution < 1.29 is 9.53 Å². The van der Waals surface area contributed by atoms with E-state index in [1.165, 1.54) is 0 Å². The van der Waals surface area contributed by atoms with Crippen molar-refractivity contribution >= 4 is 17.4 Å². The van der Waals surface area contributed by atoms with Gasteiger partial charge in [-0.3, -0.25) is 4.79 Å². The Morgan fingerprint density at radius 2 is 1.84 bits per heavy atom. The first kappa shape index (κ1) is 13.6. The molecule has 0 atom stereocenters. The fourth-order valence-corrected chi connectivity index (χ4v) is 2.17. The summed E-state index contributed by atoms with van der Waals surface area (Å²) >= 11 is 5.97. The number of rotatable bonds is 3. The predicted molar refractivity (Wildman–Crippen MR) is 77.4 cm³/mol. The number of carbonyl (C=O) groups excluding carboxylic acids is 1. The highest BCUT2D eigenvalue weighted by Gasteiger charge is 2.17. The Bertz CT molecular complexity index is 633. The SMILES string of the molecule is COc1ccc(Cl)cc1C(=O)c1cccc(C)c1C. The molecule has 0 spiro atoms. The largest absolute Gasteiger partial charge is 0.496 e. The fourth-order valence-electron chi connectivity index (χ4n) is 2.00. The summed E-state index contributed by atoms with van der Waals surface area (Å²) in [5.74, 6) is 0.468. The molecule has 3 heteroatoms. The van der Waals surface area contributed by atoms with E-state index in [0.29, 0.717) is 21.9 Å². The molecule has 2 aromatic rings. The summed E-state index contributed by atoms with van der Waals surface area (Å²) in [5, 5.41) is 0.523. The number of ketones is 1. The Morgan fingerprint density at radius 3 is 2.53 bits per heavy atom. The van der Waals surface area contributed by atoms with Crippen LogP contribution in [0.25, 0.3) is 0 Å². The van der Waals surface area contributed by atoms with Crippen molar-refractivity contribution in [1.29, 1.82) is 0 Å². The molecule has 2 aromatic carbocycles. The lowest BCUT2D eigenvalue weighted by Crippen LogP contribution is -2.06. The van der Waals surface area contributed by atoms with Crippen LogP contribution >= 0.6 is 11.6 Å². The minimum absolute atomic E-state index is 0.0689. The van der Waals surface area contributed by atoms with Gasteiger partial charge in [0.05, 0.1) is 12.7 Å². The maximum absolute atomic E-state index is 12.6. The number of ether oxygens (including phenoxy) is 1. The summed E-state index contributed by atoms with van der Waals surface area (Å²) in [7, 11) is 1.54. The normalized spacial score (nSPS) is 10.3. The first-order valence-electron chi connectivity index (χ1n) is 5.99. The van der Waals surface area contributed by atoms with Crippen LogP contribution in [0.15, 0.2) is 36.4 Å². The molecule has 2 rings (SSSR count). The van der Waals surface area contributed by atoms with Crippen molar-refractivity contribution in [2.45, 2.75) is 13.8 Å². The van der Waals surface area contributed by atoms with Crippen LogP contribution in [0.1, 0.15) is 27.0 Å². The van der Waals surface area contributed by atoms with Gasteiger partial charge in [-0.15, -0.1) is 0 Å². The summed E-state index contributed by atoms with van der Waals surface area (Å²) in [5.41, 5.74) is 3.24. The van der Waals surface area contributed by atoms with E-state index < -0.39 is 0 Å². The molecule has 0 fully saturated rings. The molecule has 0 saturated heterocycles. The number of hydrogen-bond acceptors (Lipinski definition) is 2. The molecule has 0 radical (unpaired) electrons. The molecule has 0 amide bonds. The van der Waals surface area contributed by atoms with E-state index in [0.717, 1.165) is 11.1 Å². The van der Waals surface area contributed by atoms with Crippen LogP contribution in [0, 0.1) is 13.8 Å². The zero-order chi connectivity index (χ0) is 14.0. The van der Waals surface area contributed by atoms with E-state index in [-0.39, 0.29) is 5.78 Å². The van der Waals surface area contributed by atoms with Gasteiger partial charge in [-0.2, -0.15) is 0 Å². The Labute approximate surface area is 118 Å². The second-order valence-electron chi connectivity index (χ2n) is 4.42. The van der Waals surface area contributed by atoms with Crippen molar-refractivity contribution in [2.75, 3.05) is 7.11 Å². The zero-order valence-corrected chi connectivity index (χ0v) is 11.9. The summed E-state index contributed by atoms with van der Waals surface area (Å²) in [6.07, 6.45) is 0. The third-order valence-corrected chi connectivity index (χ3v) is 3.49. The van der Waals surface area contributed by atoms with E-state index in [9.17, 15) is 4.79 Å². The molecule has 0 unspecified atom stereocenters. The van der Waals surface area contributed by atoms with Gasteiger partial charge in [0.25, 0.3) is 0 Å². The molecule has 0 aliphatic heterocycles. The molecule has 0 heterocycles. The number of benzene rings is 2. The van der Waals surface area contributed by atoms with Crippen LogP contribution < -0.4 is 4.74 Å². The number of aryl methyl sites for hydroxylation is 1. The number of methoxy groups -OCH3 is 1. The first-order chi connectivity index (χ1) is 9.04. The molecule has 0 aliphatic rings. The lowest BCUT2D eigenvalue weighted by atomic mass is 9.96. The molecule has 0 aromatic heterocycles. The van der Waals surface area contributed by atoms with Gasteiger partial charge in [0, 0.05) is 10.6 Å². The van der Waals surface area contributed by atoms with Crippen LogP contribution in [-0.4, -0.2) is 12.9 Å². The summed E-state index contributed by atoms with van der Waals surface area (Å²) < 4.78 is 5.23. The third-order valence-electron chi connectivity index (χ3n) is 3.26. The van der Waals surface area contributed by atoms with Gasteiger partial charge in [0.2, 0.25) is 0 Å². The molecule has 2 nitrogen and oxygen atoms in total. The van der Waals surface area contributed by atoms with Crippen LogP contribution in [0.3, 0.4) is 0 Å². The predicted octanol–water partition coefficient (Wildman–Crippen LogP) is 4.20. The second-order valence-corrected chi connectivity index (χ2v) is 4.86. The average molecular weight is 275 g/mol. The van der Waals surface area contributed by atoms with E-state index >= 15 is 0 Å². The molecular formula is C16H15ClO2. The number of hydrogen-bond donors (Lipinski definition) is 0. The van der Waals surface area contributed by atoms with Gasteiger partial charge in [-0.1, -0.05) is 29.8 Å². The van der Waals surface area contributed by atoms with Crippen molar-refractivity contribution in [1.82, 2.24) is 0 Å². The summed E-state index contributed by atoms with van der Waals surface area (Å²) in [6, 6.07) is 10.8. The molecule has 0 aliphatic carbocycles. The van der Waals surface area contributed by atoms with Gasteiger partial charge in [0.1, 0.15) is 5.75 Å². The van der Waals surface area contributed by atoms with Crippen LogP contribution in [0.4, 0.5) is 0 Å². The van der Waals surface area contributed by atoms with Crippen LogP contribution in [0.5, 0.6) is 5.75 Å². The van der Waals surface area contributed by atoms with Crippen molar-refractivity contribution in [3.8, 4) is 5.75 Å². The Kier molecular flexibility index (Phi) is 3.91. The molecule has 0 saturated carbocycles. The van der Waals surface area contributed by atoms with Crippen LogP contribution in [0.2, 0.25) is 5.02 Å². The maximum Gasteiger partial charge on any atom is 0.197 e. The lowest BCUT2D eigenvalue weighted by Gasteiger charge is -2.11. The van der Waals surface area contributed by atoms with Gasteiger partial charge >= 0.3 is 0 Å². The molecular weight excluding hydrogens is 260 g/mol. The standard InChI is InChI=1S/C16H15ClO2/c1-10-5-4-6-13(11(10)2)16(18)14-9-12(17)7-8-15(14)19-3/h4-9H,1-3H3. The smallest absolute Gasteiger partial charge is 0.197 e. The van der Waals surface area contributed by atoms with E-state index in [1.807, 2.05) is 32.0 Å². The van der Waals surface area contributed by atoms with E-state index in [4.69, 9.17) is 16.3 Å². The fraction of sp³-hybridized carbons (Fsp3) is 0.188. The highest BCUT2D eigenvalue weighted by Crippen LogP contribution is 2.26. The topological polar surface area (TPSA) is 26.3 Å². The Morgan fingerprint density at radius 1 is 1.11 bits per heavy atom. The maximum atomic E-state index is 12.6. The van der Waals surface area contributed by atoms with Crippen molar-refractivity contribution in [3.05, 3.63) is 63.7 Å². The third kappa shape index (κ3) is 2.64. The average Bonchev–Trinajstić information content (AvgIpc) is 2.41. The molecule has 98 valence electrons. The van der Waals surface area contributed by atoms with Gasteiger partial charge in [-0.05, 0) is 43.2 Å². The summed E-state index contributed by atoms with van der Waals surface area (Å²) in [6.45, 7) is 3.93. The van der Waals surface area contributed by atoms with E-state index in [2.05, 4.69) is 0 Å². The molecule has 19 heavy (non-hydrogen) atoms. The number of carbonyl (C=O) groups is 1. The van der Waals surface area contributed by atoms with Gasteiger partial charge < -0.3 is 4.74 Å². The zero-order valence-electron chi connectivity index (χ0n) is 11.2. The Hall–Kier alpha value is -1.80.